The maximum Gasteiger partial charge on any atom is 0.329 e. The van der Waals surface area contributed by atoms with Crippen LogP contribution in [0.15, 0.2) is 6.20 Å². The smallest absolute Gasteiger partial charge is 0.329 e. The first kappa shape index (κ1) is 11.5. The summed E-state index contributed by atoms with van der Waals surface area (Å²) in [7, 11) is 1.79. The summed E-state index contributed by atoms with van der Waals surface area (Å²) in [5.41, 5.74) is 2.18. The van der Waals surface area contributed by atoms with Gasteiger partial charge in [0.15, 0.2) is 0 Å². The number of nitrogens with one attached hydrogen (secondary N) is 1. The molecule has 1 aromatic heterocycles. The van der Waals surface area contributed by atoms with Crippen LogP contribution in [0.5, 0.6) is 0 Å². The van der Waals surface area contributed by atoms with E-state index in [0.717, 1.165) is 6.54 Å². The number of nitro groups is 1. The molecular weight excluding hydrogens is 224 g/mol. The molecule has 0 atom stereocenters. The highest BCUT2D eigenvalue weighted by Gasteiger charge is 2.27. The van der Waals surface area contributed by atoms with Crippen molar-refractivity contribution >= 4 is 17.5 Å². The predicted molar refractivity (Wildman–Crippen MR) is 62.5 cm³/mol. The van der Waals surface area contributed by atoms with Crippen molar-refractivity contribution in [3.05, 3.63) is 16.3 Å². The third-order valence-electron chi connectivity index (χ3n) is 2.67. The third kappa shape index (κ3) is 2.59. The van der Waals surface area contributed by atoms with Gasteiger partial charge in [0.1, 0.15) is 6.20 Å². The summed E-state index contributed by atoms with van der Waals surface area (Å²) >= 11 is 0. The number of nitrogens with two attached hydrogens (primary N) is 1. The Morgan fingerprint density at radius 1 is 1.71 bits per heavy atom. The number of hydrogen-bond donors (Lipinski definition) is 2. The number of hydrogen-bond acceptors (Lipinski definition) is 7. The Bertz CT molecular complexity index is 433. The Balaban J connectivity index is 2.29. The van der Waals surface area contributed by atoms with Crippen molar-refractivity contribution in [3.63, 3.8) is 0 Å². The molecule has 0 unspecified atom stereocenters. The Hall–Kier alpha value is -1.96. The summed E-state index contributed by atoms with van der Waals surface area (Å²) in [5, 5.41) is 10.9. The van der Waals surface area contributed by atoms with Gasteiger partial charge in [-0.2, -0.15) is 4.98 Å². The van der Waals surface area contributed by atoms with Crippen LogP contribution in [0.1, 0.15) is 12.8 Å². The molecule has 8 heteroatoms. The molecule has 1 aliphatic carbocycles. The van der Waals surface area contributed by atoms with Gasteiger partial charge in [0.2, 0.25) is 11.8 Å². The average Bonchev–Trinajstić information content (AvgIpc) is 3.11. The molecule has 3 N–H and O–H groups in total. The molecule has 1 aromatic rings. The molecule has 8 nitrogen and oxygen atoms in total. The Morgan fingerprint density at radius 2 is 2.41 bits per heavy atom. The van der Waals surface area contributed by atoms with Crippen LogP contribution in [0, 0.1) is 16.0 Å². The lowest BCUT2D eigenvalue weighted by Gasteiger charge is -2.17. The number of nitrogens with zero attached hydrogens (tertiary/aromatic N) is 4. The van der Waals surface area contributed by atoms with Crippen LogP contribution in [0.2, 0.25) is 0 Å². The molecular formula is C9H14N6O2. The van der Waals surface area contributed by atoms with Gasteiger partial charge in [-0.3, -0.25) is 15.5 Å². The molecule has 0 spiro atoms. The average molecular weight is 238 g/mol. The minimum Gasteiger partial charge on any atom is -0.354 e. The molecule has 1 heterocycles. The van der Waals surface area contributed by atoms with Gasteiger partial charge in [-0.1, -0.05) is 0 Å². The zero-order chi connectivity index (χ0) is 12.4. The second-order valence-electron chi connectivity index (χ2n) is 4.13. The highest BCUT2D eigenvalue weighted by atomic mass is 16.6. The zero-order valence-electron chi connectivity index (χ0n) is 9.46. The number of rotatable bonds is 5. The van der Waals surface area contributed by atoms with Crippen molar-refractivity contribution in [2.45, 2.75) is 12.8 Å². The number of nitrogen functional groups attached to an aromatic ring is 1. The van der Waals surface area contributed by atoms with Gasteiger partial charge >= 0.3 is 5.69 Å². The second-order valence-corrected chi connectivity index (χ2v) is 4.13. The minimum atomic E-state index is -0.487. The first-order valence-electron chi connectivity index (χ1n) is 5.31. The topological polar surface area (TPSA) is 110 Å². The van der Waals surface area contributed by atoms with Crippen LogP contribution < -0.4 is 16.2 Å². The summed E-state index contributed by atoms with van der Waals surface area (Å²) in [6.07, 6.45) is 3.51. The molecule has 0 radical (unpaired) electrons. The molecule has 2 rings (SSSR count). The van der Waals surface area contributed by atoms with Gasteiger partial charge in [0, 0.05) is 13.6 Å². The lowest BCUT2D eigenvalue weighted by atomic mass is 10.3. The normalized spacial score (nSPS) is 14.5. The third-order valence-corrected chi connectivity index (χ3v) is 2.67. The monoisotopic (exact) mass is 238 g/mol. The molecule has 0 amide bonds. The van der Waals surface area contributed by atoms with E-state index >= 15 is 0 Å². The van der Waals surface area contributed by atoms with Gasteiger partial charge in [0.05, 0.1) is 4.92 Å². The SMILES string of the molecule is CN(CC1CC1)c1nc(NN)ncc1[N+](=O)[O-]. The molecule has 0 saturated heterocycles. The van der Waals surface area contributed by atoms with Crippen molar-refractivity contribution in [2.24, 2.45) is 11.8 Å². The van der Waals surface area contributed by atoms with Crippen LogP contribution in [-0.2, 0) is 0 Å². The summed E-state index contributed by atoms with van der Waals surface area (Å²) in [4.78, 5) is 19.9. The van der Waals surface area contributed by atoms with Crippen molar-refractivity contribution in [3.8, 4) is 0 Å². The largest absolute Gasteiger partial charge is 0.354 e. The Morgan fingerprint density at radius 3 is 2.94 bits per heavy atom. The van der Waals surface area contributed by atoms with Crippen molar-refractivity contribution in [1.82, 2.24) is 9.97 Å². The maximum absolute atomic E-state index is 10.9. The van der Waals surface area contributed by atoms with Gasteiger partial charge < -0.3 is 4.90 Å². The molecule has 1 fully saturated rings. The minimum absolute atomic E-state index is 0.104. The highest BCUT2D eigenvalue weighted by molar-refractivity contribution is 5.58. The summed E-state index contributed by atoms with van der Waals surface area (Å²) in [5.74, 6) is 6.28. The molecule has 0 aromatic carbocycles. The van der Waals surface area contributed by atoms with E-state index in [-0.39, 0.29) is 11.6 Å². The van der Waals surface area contributed by atoms with E-state index < -0.39 is 4.92 Å². The number of aromatic nitrogens is 2. The van der Waals surface area contributed by atoms with Crippen LogP contribution in [0.3, 0.4) is 0 Å². The van der Waals surface area contributed by atoms with E-state index in [1.807, 2.05) is 0 Å². The number of hydrazine groups is 1. The molecule has 92 valence electrons. The predicted octanol–water partition coefficient (Wildman–Crippen LogP) is 0.517. The molecule has 0 aliphatic heterocycles. The van der Waals surface area contributed by atoms with E-state index in [9.17, 15) is 10.1 Å². The first-order valence-corrected chi connectivity index (χ1v) is 5.31. The van der Waals surface area contributed by atoms with Crippen LogP contribution >= 0.6 is 0 Å². The van der Waals surface area contributed by atoms with Crippen LogP contribution in [0.4, 0.5) is 17.5 Å². The quantitative estimate of drug-likeness (QED) is 0.437. The van der Waals surface area contributed by atoms with E-state index in [4.69, 9.17) is 5.84 Å². The second kappa shape index (κ2) is 4.50. The maximum atomic E-state index is 10.9. The van der Waals surface area contributed by atoms with Gasteiger partial charge in [-0.25, -0.2) is 10.8 Å². The molecule has 1 saturated carbocycles. The van der Waals surface area contributed by atoms with E-state index in [1.165, 1.54) is 19.0 Å². The van der Waals surface area contributed by atoms with Gasteiger partial charge in [-0.15, -0.1) is 0 Å². The fraction of sp³-hybridized carbons (Fsp3) is 0.556. The van der Waals surface area contributed by atoms with Crippen molar-refractivity contribution in [2.75, 3.05) is 23.9 Å². The molecule has 0 bridgehead atoms. The highest BCUT2D eigenvalue weighted by Crippen LogP contribution is 2.32. The Labute approximate surface area is 98.0 Å². The lowest BCUT2D eigenvalue weighted by Crippen LogP contribution is -2.23. The summed E-state index contributed by atoms with van der Waals surface area (Å²) in [6.45, 7) is 0.766. The van der Waals surface area contributed by atoms with Crippen molar-refractivity contribution < 1.29 is 4.92 Å². The van der Waals surface area contributed by atoms with Crippen molar-refractivity contribution in [1.29, 1.82) is 0 Å². The zero-order valence-corrected chi connectivity index (χ0v) is 9.46. The number of anilines is 2. The van der Waals surface area contributed by atoms with E-state index in [1.54, 1.807) is 11.9 Å². The lowest BCUT2D eigenvalue weighted by molar-refractivity contribution is -0.384. The van der Waals surface area contributed by atoms with E-state index in [0.29, 0.717) is 11.7 Å². The molecule has 17 heavy (non-hydrogen) atoms. The van der Waals surface area contributed by atoms with Crippen LogP contribution in [-0.4, -0.2) is 28.5 Å². The van der Waals surface area contributed by atoms with E-state index in [2.05, 4.69) is 15.4 Å². The van der Waals surface area contributed by atoms with Gasteiger partial charge in [0.25, 0.3) is 0 Å². The van der Waals surface area contributed by atoms with Gasteiger partial charge in [-0.05, 0) is 18.8 Å². The standard InChI is InChI=1S/C9H14N6O2/c1-14(5-6-2-3-6)8-7(15(16)17)4-11-9(12-8)13-10/h4,6H,2-3,5,10H2,1H3,(H,11,12,13). The first-order chi connectivity index (χ1) is 8.11. The van der Waals surface area contributed by atoms with Crippen LogP contribution in [0.25, 0.3) is 0 Å². The fourth-order valence-electron chi connectivity index (χ4n) is 1.62. The summed E-state index contributed by atoms with van der Waals surface area (Å²) in [6, 6.07) is 0. The molecule has 1 aliphatic rings. The Kier molecular flexibility index (Phi) is 3.05. The summed E-state index contributed by atoms with van der Waals surface area (Å²) < 4.78 is 0. The fourth-order valence-corrected chi connectivity index (χ4v) is 1.62.